The van der Waals surface area contributed by atoms with Gasteiger partial charge >= 0.3 is 11.9 Å². The van der Waals surface area contributed by atoms with Gasteiger partial charge in [0.15, 0.2) is 17.7 Å². The molecule has 0 bridgehead atoms. The number of imidazole rings is 1. The molecule has 1 saturated heterocycles. The zero-order chi connectivity index (χ0) is 29.0. The predicted molar refractivity (Wildman–Crippen MR) is 136 cm³/mol. The zero-order valence-electron chi connectivity index (χ0n) is 21.5. The highest BCUT2D eigenvalue weighted by molar-refractivity contribution is 5.81. The van der Waals surface area contributed by atoms with Crippen molar-refractivity contribution in [3.05, 3.63) is 24.5 Å². The number of ether oxygens (including phenoxy) is 1. The van der Waals surface area contributed by atoms with Crippen molar-refractivity contribution in [2.24, 2.45) is 11.5 Å². The Hall–Kier alpha value is -3.81. The van der Waals surface area contributed by atoms with Crippen LogP contribution in [0.2, 0.25) is 0 Å². The molecule has 1 aliphatic heterocycles. The molecule has 0 amide bonds. The van der Waals surface area contributed by atoms with Crippen LogP contribution in [0, 0.1) is 0 Å². The van der Waals surface area contributed by atoms with E-state index in [0.29, 0.717) is 36.4 Å². The molecule has 1 aliphatic rings. The first kappa shape index (κ1) is 29.2. The number of fused-ring (bicyclic) bond motifs is 1. The largest absolute Gasteiger partial charge is 0.480 e. The summed E-state index contributed by atoms with van der Waals surface area (Å²) >= 11 is 0. The first-order valence-electron chi connectivity index (χ1n) is 12.6. The lowest BCUT2D eigenvalue weighted by atomic mass is 10.1. The number of hydrogen-bond acceptors (Lipinski definition) is 14. The third kappa shape index (κ3) is 6.66. The first-order valence-corrected chi connectivity index (χ1v) is 12.6. The molecule has 0 radical (unpaired) electrons. The predicted octanol–water partition coefficient (Wildman–Crippen LogP) is -3.23. The Bertz CT molecular complexity index is 1320. The number of aliphatic hydroxyl groups is 2. The fourth-order valence-electron chi connectivity index (χ4n) is 4.47. The maximum Gasteiger partial charge on any atom is 0.320 e. The lowest BCUT2D eigenvalue weighted by Gasteiger charge is -2.27. The standard InChI is InChI=1S/C22H33N11O7/c23-12(21(36)37)2-5-31(3-1-4-32-7-11(29-30-32)6-13(24)22(38)39)8-14-16(34)17(35)20(40-14)33-10-28-15-18(25)26-9-27-19(15)33/h7,9-10,12-14,16-17,20,34-35H,1-6,8,23-24H2,(H,36,37)(H,38,39)(H2,25,26,27)/t12-,13-,14+,16+,17+,20+/m0/s1. The van der Waals surface area contributed by atoms with Crippen molar-refractivity contribution in [2.45, 2.75) is 62.4 Å². The lowest BCUT2D eigenvalue weighted by molar-refractivity contribution is -0.139. The Morgan fingerprint density at radius 2 is 1.82 bits per heavy atom. The number of carboxylic acid groups (broad SMARTS) is 2. The summed E-state index contributed by atoms with van der Waals surface area (Å²) in [6, 6.07) is -2.16. The summed E-state index contributed by atoms with van der Waals surface area (Å²) in [5, 5.41) is 47.7. The summed E-state index contributed by atoms with van der Waals surface area (Å²) < 4.78 is 9.07. The van der Waals surface area contributed by atoms with Crippen molar-refractivity contribution < 1.29 is 34.8 Å². The monoisotopic (exact) mass is 563 g/mol. The normalized spacial score (nSPS) is 22.6. The van der Waals surface area contributed by atoms with E-state index in [4.69, 9.17) is 27.0 Å². The number of aliphatic carboxylic acids is 2. The summed E-state index contributed by atoms with van der Waals surface area (Å²) in [7, 11) is 0. The van der Waals surface area contributed by atoms with Gasteiger partial charge in [0.05, 0.1) is 12.0 Å². The second-order valence-electron chi connectivity index (χ2n) is 9.64. The smallest absolute Gasteiger partial charge is 0.320 e. The molecule has 3 aromatic heterocycles. The summed E-state index contributed by atoms with van der Waals surface area (Å²) in [4.78, 5) is 36.3. The van der Waals surface area contributed by atoms with Gasteiger partial charge in [-0.1, -0.05) is 5.21 Å². The zero-order valence-corrected chi connectivity index (χ0v) is 21.5. The number of nitrogens with two attached hydrogens (primary N) is 3. The van der Waals surface area contributed by atoms with Crippen molar-refractivity contribution in [1.82, 2.24) is 39.4 Å². The second kappa shape index (κ2) is 12.6. The van der Waals surface area contributed by atoms with E-state index in [2.05, 4.69) is 25.3 Å². The number of hydrogen-bond donors (Lipinski definition) is 7. The van der Waals surface area contributed by atoms with Crippen LogP contribution in [0.4, 0.5) is 5.82 Å². The van der Waals surface area contributed by atoms with Crippen LogP contribution in [0.3, 0.4) is 0 Å². The van der Waals surface area contributed by atoms with Gasteiger partial charge in [0, 0.05) is 38.8 Å². The maximum absolute atomic E-state index is 11.2. The fourth-order valence-corrected chi connectivity index (χ4v) is 4.47. The van der Waals surface area contributed by atoms with Crippen LogP contribution in [0.25, 0.3) is 11.2 Å². The highest BCUT2D eigenvalue weighted by atomic mass is 16.6. The highest BCUT2D eigenvalue weighted by Crippen LogP contribution is 2.32. The van der Waals surface area contributed by atoms with Crippen LogP contribution in [-0.2, 0) is 27.3 Å². The number of rotatable bonds is 14. The van der Waals surface area contributed by atoms with E-state index < -0.39 is 48.6 Å². The van der Waals surface area contributed by atoms with E-state index in [9.17, 15) is 24.9 Å². The van der Waals surface area contributed by atoms with Gasteiger partial charge in [-0.15, -0.1) is 5.10 Å². The Balaban J connectivity index is 1.40. The first-order chi connectivity index (χ1) is 19.0. The molecule has 3 aromatic rings. The van der Waals surface area contributed by atoms with Crippen molar-refractivity contribution in [1.29, 1.82) is 0 Å². The third-order valence-electron chi connectivity index (χ3n) is 6.70. The van der Waals surface area contributed by atoms with Gasteiger partial charge in [0.2, 0.25) is 0 Å². The molecule has 4 rings (SSSR count). The van der Waals surface area contributed by atoms with E-state index in [1.54, 1.807) is 10.9 Å². The molecule has 40 heavy (non-hydrogen) atoms. The van der Waals surface area contributed by atoms with Gasteiger partial charge in [-0.2, -0.15) is 0 Å². The van der Waals surface area contributed by atoms with E-state index in [1.165, 1.54) is 17.2 Å². The molecular formula is C22H33N11O7. The van der Waals surface area contributed by atoms with Crippen LogP contribution in [0.1, 0.15) is 24.8 Å². The van der Waals surface area contributed by atoms with E-state index >= 15 is 0 Å². The number of anilines is 1. The molecule has 1 fully saturated rings. The SMILES string of the molecule is Nc1ncnc2c1ncn2[C@@H]1O[C@H](CN(CCCn2cc(C[C@H](N)C(=O)O)nn2)CC[C@H](N)C(=O)O)[C@@H](O)[C@H]1O. The minimum Gasteiger partial charge on any atom is -0.480 e. The van der Waals surface area contributed by atoms with E-state index in [1.807, 2.05) is 4.90 Å². The van der Waals surface area contributed by atoms with Gasteiger partial charge in [0.1, 0.15) is 42.2 Å². The van der Waals surface area contributed by atoms with Crippen LogP contribution >= 0.6 is 0 Å². The second-order valence-corrected chi connectivity index (χ2v) is 9.64. The van der Waals surface area contributed by atoms with Gasteiger partial charge in [-0.25, -0.2) is 15.0 Å². The molecule has 0 aliphatic carbocycles. The number of aromatic nitrogens is 7. The molecule has 0 spiro atoms. The lowest BCUT2D eigenvalue weighted by Crippen LogP contribution is -2.43. The van der Waals surface area contributed by atoms with E-state index in [0.717, 1.165) is 0 Å². The maximum atomic E-state index is 11.2. The van der Waals surface area contributed by atoms with Gasteiger partial charge < -0.3 is 47.3 Å². The summed E-state index contributed by atoms with van der Waals surface area (Å²) in [6.07, 6.45) is 0.640. The minimum absolute atomic E-state index is 0.0414. The molecule has 6 atom stereocenters. The van der Waals surface area contributed by atoms with Crippen molar-refractivity contribution in [2.75, 3.05) is 25.4 Å². The average molecular weight is 564 g/mol. The number of nitrogens with zero attached hydrogens (tertiary/aromatic N) is 8. The van der Waals surface area contributed by atoms with Gasteiger partial charge in [0.25, 0.3) is 0 Å². The summed E-state index contributed by atoms with van der Waals surface area (Å²) in [5.74, 6) is -2.10. The number of carbonyl (C=O) groups is 2. The molecule has 10 N–H and O–H groups in total. The number of nitrogen functional groups attached to an aromatic ring is 1. The Labute approximate surface area is 227 Å². The number of aryl methyl sites for hydroxylation is 1. The van der Waals surface area contributed by atoms with Crippen LogP contribution in [0.5, 0.6) is 0 Å². The van der Waals surface area contributed by atoms with Gasteiger partial charge in [-0.3, -0.25) is 18.8 Å². The summed E-state index contributed by atoms with van der Waals surface area (Å²) in [5.41, 5.74) is 18.2. The number of aliphatic hydroxyl groups excluding tert-OH is 2. The average Bonchev–Trinajstić information content (AvgIpc) is 3.61. The Morgan fingerprint density at radius 1 is 1.07 bits per heavy atom. The molecule has 4 heterocycles. The topological polar surface area (TPSA) is 280 Å². The van der Waals surface area contributed by atoms with Crippen LogP contribution < -0.4 is 17.2 Å². The fraction of sp³-hybridized carbons (Fsp3) is 0.591. The van der Waals surface area contributed by atoms with Gasteiger partial charge in [-0.05, 0) is 12.8 Å². The van der Waals surface area contributed by atoms with E-state index in [-0.39, 0.29) is 31.7 Å². The summed E-state index contributed by atoms with van der Waals surface area (Å²) in [6.45, 7) is 1.33. The molecule has 0 unspecified atom stereocenters. The van der Waals surface area contributed by atoms with Crippen molar-refractivity contribution in [3.8, 4) is 0 Å². The Kier molecular flexibility index (Phi) is 9.17. The molecule has 0 saturated carbocycles. The van der Waals surface area contributed by atoms with Crippen molar-refractivity contribution >= 4 is 28.9 Å². The van der Waals surface area contributed by atoms with Crippen LogP contribution in [0.15, 0.2) is 18.9 Å². The minimum atomic E-state index is -1.30. The molecule has 18 heteroatoms. The Morgan fingerprint density at radius 3 is 2.55 bits per heavy atom. The molecule has 0 aromatic carbocycles. The van der Waals surface area contributed by atoms with Crippen molar-refractivity contribution in [3.63, 3.8) is 0 Å². The quantitative estimate of drug-likeness (QED) is 0.101. The third-order valence-corrected chi connectivity index (χ3v) is 6.70. The molecular weight excluding hydrogens is 530 g/mol. The highest BCUT2D eigenvalue weighted by Gasteiger charge is 2.44. The van der Waals surface area contributed by atoms with Crippen LogP contribution in [-0.4, -0.2) is 122 Å². The molecule has 218 valence electrons. The molecule has 18 nitrogen and oxygen atoms in total. The number of carboxylic acids is 2.